The molecule has 0 bridgehead atoms. The molecule has 2 aromatic rings. The lowest BCUT2D eigenvalue weighted by atomic mass is 10.1. The van der Waals surface area contributed by atoms with Gasteiger partial charge in [-0.15, -0.1) is 0 Å². The summed E-state index contributed by atoms with van der Waals surface area (Å²) in [5, 5.41) is 9.43. The molecule has 1 aromatic heterocycles. The van der Waals surface area contributed by atoms with Crippen molar-refractivity contribution >= 4 is 5.82 Å². The van der Waals surface area contributed by atoms with Crippen molar-refractivity contribution in [3.63, 3.8) is 0 Å². The Kier molecular flexibility index (Phi) is 4.87. The minimum Gasteiger partial charge on any atom is -0.494 e. The summed E-state index contributed by atoms with van der Waals surface area (Å²) < 4.78 is 5.62. The van der Waals surface area contributed by atoms with E-state index in [1.807, 2.05) is 30.3 Å². The number of nitrogens with zero attached hydrogens (tertiary/aromatic N) is 2. The summed E-state index contributed by atoms with van der Waals surface area (Å²) in [5.74, 6) is 1.85. The number of nitrogens with one attached hydrogen (secondary N) is 1. The number of rotatable bonds is 5. The van der Waals surface area contributed by atoms with Crippen LogP contribution in [-0.2, 0) is 0 Å². The fraction of sp³-hybridized carbons (Fsp3) is 0.421. The van der Waals surface area contributed by atoms with Gasteiger partial charge in [-0.3, -0.25) is 0 Å². The van der Waals surface area contributed by atoms with Crippen LogP contribution >= 0.6 is 0 Å². The predicted molar refractivity (Wildman–Crippen MR) is 92.8 cm³/mol. The number of nitriles is 1. The summed E-state index contributed by atoms with van der Waals surface area (Å²) in [6.45, 7) is 4.88. The van der Waals surface area contributed by atoms with Crippen molar-refractivity contribution in [3.8, 4) is 23.1 Å². The van der Waals surface area contributed by atoms with E-state index in [9.17, 15) is 5.26 Å². The van der Waals surface area contributed by atoms with E-state index in [1.165, 1.54) is 19.3 Å². The number of ether oxygens (including phenoxy) is 1. The summed E-state index contributed by atoms with van der Waals surface area (Å²) in [6, 6.07) is 12.3. The monoisotopic (exact) mass is 309 g/mol. The minimum absolute atomic E-state index is 0.730. The van der Waals surface area contributed by atoms with E-state index in [0.717, 1.165) is 54.5 Å². The number of aromatic amines is 1. The van der Waals surface area contributed by atoms with Gasteiger partial charge >= 0.3 is 0 Å². The molecular formula is C19H23N3O. The summed E-state index contributed by atoms with van der Waals surface area (Å²) in [5.41, 5.74) is 2.80. The Morgan fingerprint density at radius 2 is 1.91 bits per heavy atom. The first kappa shape index (κ1) is 15.5. The van der Waals surface area contributed by atoms with Gasteiger partial charge < -0.3 is 14.6 Å². The molecule has 0 spiro atoms. The van der Waals surface area contributed by atoms with Crippen molar-refractivity contribution in [2.24, 2.45) is 0 Å². The molecule has 1 aromatic carbocycles. The molecule has 1 fully saturated rings. The SMILES string of the molecule is CCCOc1ccc(-c2cc(C#N)c(N3CCCCC3)[nH]2)cc1. The normalized spacial score (nSPS) is 14.5. The zero-order chi connectivity index (χ0) is 16.1. The summed E-state index contributed by atoms with van der Waals surface area (Å²) in [7, 11) is 0. The summed E-state index contributed by atoms with van der Waals surface area (Å²) >= 11 is 0. The Balaban J connectivity index is 1.82. The maximum absolute atomic E-state index is 9.43. The number of H-pyrrole nitrogens is 1. The number of benzene rings is 1. The van der Waals surface area contributed by atoms with Crippen molar-refractivity contribution in [1.82, 2.24) is 4.98 Å². The van der Waals surface area contributed by atoms with Crippen LogP contribution in [0.4, 0.5) is 5.82 Å². The molecule has 1 aliphatic rings. The molecule has 4 nitrogen and oxygen atoms in total. The fourth-order valence-corrected chi connectivity index (χ4v) is 3.00. The number of piperidine rings is 1. The largest absolute Gasteiger partial charge is 0.494 e. The highest BCUT2D eigenvalue weighted by Crippen LogP contribution is 2.29. The lowest BCUT2D eigenvalue weighted by molar-refractivity contribution is 0.317. The van der Waals surface area contributed by atoms with Crippen LogP contribution < -0.4 is 9.64 Å². The minimum atomic E-state index is 0.730. The van der Waals surface area contributed by atoms with Gasteiger partial charge in [-0.25, -0.2) is 0 Å². The quantitative estimate of drug-likeness (QED) is 0.894. The molecule has 0 saturated carbocycles. The molecule has 1 N–H and O–H groups in total. The molecule has 0 unspecified atom stereocenters. The zero-order valence-corrected chi connectivity index (χ0v) is 13.6. The smallest absolute Gasteiger partial charge is 0.124 e. The number of aromatic nitrogens is 1. The molecule has 0 aliphatic carbocycles. The third-order valence-corrected chi connectivity index (χ3v) is 4.23. The zero-order valence-electron chi connectivity index (χ0n) is 13.6. The molecule has 0 amide bonds. The predicted octanol–water partition coefficient (Wildman–Crippen LogP) is 4.33. The average molecular weight is 309 g/mol. The van der Waals surface area contributed by atoms with Crippen molar-refractivity contribution in [2.75, 3.05) is 24.6 Å². The highest BCUT2D eigenvalue weighted by atomic mass is 16.5. The van der Waals surface area contributed by atoms with E-state index in [-0.39, 0.29) is 0 Å². The van der Waals surface area contributed by atoms with E-state index < -0.39 is 0 Å². The Morgan fingerprint density at radius 3 is 2.57 bits per heavy atom. The standard InChI is InChI=1S/C19H23N3O/c1-2-12-23-17-8-6-15(7-9-17)18-13-16(14-20)19(21-18)22-10-4-3-5-11-22/h6-9,13,21H,2-5,10-12H2,1H3. The number of anilines is 1. The molecule has 1 aliphatic heterocycles. The Hall–Kier alpha value is -2.41. The second-order valence-corrected chi connectivity index (χ2v) is 5.98. The lowest BCUT2D eigenvalue weighted by Crippen LogP contribution is -2.30. The molecule has 2 heterocycles. The van der Waals surface area contributed by atoms with Crippen LogP contribution in [0.1, 0.15) is 38.2 Å². The van der Waals surface area contributed by atoms with Crippen LogP contribution in [0.15, 0.2) is 30.3 Å². The first-order chi connectivity index (χ1) is 11.3. The molecular weight excluding hydrogens is 286 g/mol. The van der Waals surface area contributed by atoms with Crippen molar-refractivity contribution < 1.29 is 4.74 Å². The molecule has 3 rings (SSSR count). The average Bonchev–Trinajstić information content (AvgIpc) is 3.05. The van der Waals surface area contributed by atoms with Crippen molar-refractivity contribution in [3.05, 3.63) is 35.9 Å². The van der Waals surface area contributed by atoms with Gasteiger partial charge in [-0.2, -0.15) is 5.26 Å². The van der Waals surface area contributed by atoms with Crippen molar-refractivity contribution in [1.29, 1.82) is 5.26 Å². The molecule has 23 heavy (non-hydrogen) atoms. The van der Waals surface area contributed by atoms with Gasteiger partial charge in [0.05, 0.1) is 12.2 Å². The van der Waals surface area contributed by atoms with E-state index in [1.54, 1.807) is 0 Å². The first-order valence-electron chi connectivity index (χ1n) is 8.43. The Bertz CT molecular complexity index is 676. The van der Waals surface area contributed by atoms with Gasteiger partial charge in [0.2, 0.25) is 0 Å². The highest BCUT2D eigenvalue weighted by molar-refractivity contribution is 5.69. The summed E-state index contributed by atoms with van der Waals surface area (Å²) in [6.07, 6.45) is 4.68. The third-order valence-electron chi connectivity index (χ3n) is 4.23. The van der Waals surface area contributed by atoms with Crippen LogP contribution in [0.2, 0.25) is 0 Å². The van der Waals surface area contributed by atoms with Crippen LogP contribution in [-0.4, -0.2) is 24.7 Å². The van der Waals surface area contributed by atoms with Crippen molar-refractivity contribution in [2.45, 2.75) is 32.6 Å². The van der Waals surface area contributed by atoms with Gasteiger partial charge in [0, 0.05) is 18.8 Å². The molecule has 1 saturated heterocycles. The maximum Gasteiger partial charge on any atom is 0.124 e. The Morgan fingerprint density at radius 1 is 1.17 bits per heavy atom. The Labute approximate surface area is 137 Å². The first-order valence-corrected chi connectivity index (χ1v) is 8.43. The topological polar surface area (TPSA) is 52.0 Å². The van der Waals surface area contributed by atoms with Gasteiger partial charge in [0.25, 0.3) is 0 Å². The molecule has 0 atom stereocenters. The second-order valence-electron chi connectivity index (χ2n) is 5.98. The van der Waals surface area contributed by atoms with Crippen LogP contribution in [0.5, 0.6) is 5.75 Å². The van der Waals surface area contributed by atoms with Crippen LogP contribution in [0.25, 0.3) is 11.3 Å². The second kappa shape index (κ2) is 7.23. The molecule has 0 radical (unpaired) electrons. The van der Waals surface area contributed by atoms with Gasteiger partial charge in [0.15, 0.2) is 0 Å². The maximum atomic E-state index is 9.43. The van der Waals surface area contributed by atoms with Gasteiger partial charge in [0.1, 0.15) is 17.6 Å². The molecule has 120 valence electrons. The fourth-order valence-electron chi connectivity index (χ4n) is 3.00. The van der Waals surface area contributed by atoms with E-state index >= 15 is 0 Å². The van der Waals surface area contributed by atoms with Gasteiger partial charge in [-0.1, -0.05) is 6.92 Å². The highest BCUT2D eigenvalue weighted by Gasteiger charge is 2.18. The lowest BCUT2D eigenvalue weighted by Gasteiger charge is -2.27. The van der Waals surface area contributed by atoms with Gasteiger partial charge in [-0.05, 0) is 61.6 Å². The van der Waals surface area contributed by atoms with E-state index in [4.69, 9.17) is 4.74 Å². The summed E-state index contributed by atoms with van der Waals surface area (Å²) in [4.78, 5) is 5.74. The van der Waals surface area contributed by atoms with Crippen LogP contribution in [0, 0.1) is 11.3 Å². The van der Waals surface area contributed by atoms with E-state index in [2.05, 4.69) is 22.9 Å². The number of hydrogen-bond acceptors (Lipinski definition) is 3. The third kappa shape index (κ3) is 3.50. The number of hydrogen-bond donors (Lipinski definition) is 1. The van der Waals surface area contributed by atoms with E-state index in [0.29, 0.717) is 0 Å². The molecule has 4 heteroatoms. The van der Waals surface area contributed by atoms with Crippen LogP contribution in [0.3, 0.4) is 0 Å².